The summed E-state index contributed by atoms with van der Waals surface area (Å²) in [7, 11) is 1.38. The lowest BCUT2D eigenvalue weighted by molar-refractivity contribution is -0.155. The second-order valence-corrected chi connectivity index (χ2v) is 4.73. The van der Waals surface area contributed by atoms with Crippen molar-refractivity contribution in [1.29, 1.82) is 0 Å². The maximum Gasteiger partial charge on any atom is 0.312 e. The van der Waals surface area contributed by atoms with Crippen LogP contribution in [0.25, 0.3) is 0 Å². The molecule has 0 aromatic rings. The van der Waals surface area contributed by atoms with Gasteiger partial charge in [-0.1, -0.05) is 12.2 Å². The van der Waals surface area contributed by atoms with Gasteiger partial charge in [0.15, 0.2) is 0 Å². The number of methoxy groups -OCH3 is 1. The van der Waals surface area contributed by atoms with E-state index in [0.29, 0.717) is 12.3 Å². The van der Waals surface area contributed by atoms with Crippen molar-refractivity contribution < 1.29 is 19.4 Å². The summed E-state index contributed by atoms with van der Waals surface area (Å²) in [4.78, 5) is 22.5. The normalized spacial score (nSPS) is 35.3. The van der Waals surface area contributed by atoms with Crippen LogP contribution in [0.3, 0.4) is 0 Å². The molecule has 4 nitrogen and oxygen atoms in total. The molecule has 16 heavy (non-hydrogen) atoms. The zero-order chi connectivity index (χ0) is 11.8. The minimum Gasteiger partial charge on any atom is -0.481 e. The predicted molar refractivity (Wildman–Crippen MR) is 56.7 cm³/mol. The molecule has 3 atom stereocenters. The third-order valence-corrected chi connectivity index (χ3v) is 3.89. The van der Waals surface area contributed by atoms with Crippen LogP contribution in [0, 0.1) is 17.3 Å². The highest BCUT2D eigenvalue weighted by Gasteiger charge is 2.53. The van der Waals surface area contributed by atoms with E-state index in [1.54, 1.807) is 0 Å². The molecule has 0 aromatic carbocycles. The van der Waals surface area contributed by atoms with Crippen molar-refractivity contribution in [2.75, 3.05) is 7.11 Å². The quantitative estimate of drug-likeness (QED) is 0.582. The average molecular weight is 224 g/mol. The summed E-state index contributed by atoms with van der Waals surface area (Å²) in [6.45, 7) is 0. The van der Waals surface area contributed by atoms with Gasteiger partial charge in [-0.2, -0.15) is 0 Å². The van der Waals surface area contributed by atoms with Gasteiger partial charge in [0.2, 0.25) is 0 Å². The van der Waals surface area contributed by atoms with Crippen LogP contribution in [-0.4, -0.2) is 24.2 Å². The van der Waals surface area contributed by atoms with Crippen molar-refractivity contribution in [1.82, 2.24) is 0 Å². The molecule has 1 saturated carbocycles. The molecule has 4 heteroatoms. The van der Waals surface area contributed by atoms with Crippen LogP contribution in [0.4, 0.5) is 0 Å². The molecular weight excluding hydrogens is 208 g/mol. The fourth-order valence-electron chi connectivity index (χ4n) is 3.11. The Morgan fingerprint density at radius 2 is 2.25 bits per heavy atom. The Labute approximate surface area is 94.3 Å². The zero-order valence-corrected chi connectivity index (χ0v) is 9.31. The molecule has 1 N–H and O–H groups in total. The number of ether oxygens (including phenoxy) is 1. The van der Waals surface area contributed by atoms with E-state index >= 15 is 0 Å². The number of fused-ring (bicyclic) bond motifs is 2. The highest BCUT2D eigenvalue weighted by Crippen LogP contribution is 2.55. The summed E-state index contributed by atoms with van der Waals surface area (Å²) in [5.41, 5.74) is -0.577. The van der Waals surface area contributed by atoms with Crippen molar-refractivity contribution in [2.24, 2.45) is 17.3 Å². The first-order valence-corrected chi connectivity index (χ1v) is 5.57. The second-order valence-electron chi connectivity index (χ2n) is 4.73. The highest BCUT2D eigenvalue weighted by atomic mass is 16.5. The van der Waals surface area contributed by atoms with Gasteiger partial charge in [0, 0.05) is 6.42 Å². The van der Waals surface area contributed by atoms with Gasteiger partial charge >= 0.3 is 11.9 Å². The summed E-state index contributed by atoms with van der Waals surface area (Å²) in [6, 6.07) is 0. The van der Waals surface area contributed by atoms with E-state index in [9.17, 15) is 9.59 Å². The van der Waals surface area contributed by atoms with E-state index in [4.69, 9.17) is 9.84 Å². The molecule has 2 aliphatic carbocycles. The number of hydrogen-bond acceptors (Lipinski definition) is 3. The van der Waals surface area contributed by atoms with E-state index in [0.717, 1.165) is 12.8 Å². The average Bonchev–Trinajstić information content (AvgIpc) is 2.85. The van der Waals surface area contributed by atoms with Crippen molar-refractivity contribution >= 4 is 11.9 Å². The number of esters is 1. The zero-order valence-electron chi connectivity index (χ0n) is 9.31. The number of hydrogen-bond donors (Lipinski definition) is 1. The molecule has 2 rings (SSSR count). The molecule has 0 spiro atoms. The molecule has 2 bridgehead atoms. The van der Waals surface area contributed by atoms with Crippen LogP contribution in [0.1, 0.15) is 25.7 Å². The molecule has 2 aliphatic rings. The third-order valence-electron chi connectivity index (χ3n) is 3.89. The largest absolute Gasteiger partial charge is 0.481 e. The van der Waals surface area contributed by atoms with Gasteiger partial charge in [0.25, 0.3) is 0 Å². The number of carboxylic acid groups (broad SMARTS) is 1. The Bertz CT molecular complexity index is 347. The Hall–Kier alpha value is -1.32. The van der Waals surface area contributed by atoms with Crippen LogP contribution in [-0.2, 0) is 14.3 Å². The Morgan fingerprint density at radius 1 is 1.50 bits per heavy atom. The molecule has 0 aromatic heterocycles. The number of carboxylic acids is 1. The minimum absolute atomic E-state index is 0.0339. The smallest absolute Gasteiger partial charge is 0.312 e. The van der Waals surface area contributed by atoms with E-state index in [2.05, 4.69) is 6.08 Å². The van der Waals surface area contributed by atoms with Gasteiger partial charge in [-0.15, -0.1) is 0 Å². The van der Waals surface area contributed by atoms with E-state index in [1.807, 2.05) is 6.08 Å². The molecule has 1 fully saturated rings. The van der Waals surface area contributed by atoms with E-state index in [-0.39, 0.29) is 18.3 Å². The summed E-state index contributed by atoms with van der Waals surface area (Å²) in [5.74, 6) is -0.497. The Morgan fingerprint density at radius 3 is 2.69 bits per heavy atom. The van der Waals surface area contributed by atoms with Crippen LogP contribution < -0.4 is 0 Å². The van der Waals surface area contributed by atoms with Gasteiger partial charge in [-0.3, -0.25) is 9.59 Å². The number of allylic oxidation sites excluding steroid dienone is 2. The van der Waals surface area contributed by atoms with Crippen LogP contribution >= 0.6 is 0 Å². The predicted octanol–water partition coefficient (Wildman–Crippen LogP) is 1.61. The summed E-state index contributed by atoms with van der Waals surface area (Å²) in [5, 5.41) is 8.74. The lowest BCUT2D eigenvalue weighted by atomic mass is 9.72. The maximum atomic E-state index is 11.9. The molecule has 0 saturated heterocycles. The molecule has 0 heterocycles. The summed E-state index contributed by atoms with van der Waals surface area (Å²) >= 11 is 0. The maximum absolute atomic E-state index is 11.9. The first-order valence-electron chi connectivity index (χ1n) is 5.57. The molecular formula is C12H16O4. The van der Waals surface area contributed by atoms with E-state index < -0.39 is 11.4 Å². The van der Waals surface area contributed by atoms with Gasteiger partial charge in [0.1, 0.15) is 0 Å². The van der Waals surface area contributed by atoms with Crippen molar-refractivity contribution in [3.63, 3.8) is 0 Å². The first kappa shape index (κ1) is 11.2. The molecule has 0 radical (unpaired) electrons. The summed E-state index contributed by atoms with van der Waals surface area (Å²) < 4.78 is 4.86. The number of carbonyl (C=O) groups is 2. The first-order chi connectivity index (χ1) is 7.58. The fraction of sp³-hybridized carbons (Fsp3) is 0.667. The molecule has 0 amide bonds. The van der Waals surface area contributed by atoms with Gasteiger partial charge in [0.05, 0.1) is 12.5 Å². The fourth-order valence-corrected chi connectivity index (χ4v) is 3.11. The monoisotopic (exact) mass is 224 g/mol. The third kappa shape index (κ3) is 1.62. The van der Waals surface area contributed by atoms with Crippen molar-refractivity contribution in [3.8, 4) is 0 Å². The minimum atomic E-state index is -0.852. The van der Waals surface area contributed by atoms with Crippen molar-refractivity contribution in [2.45, 2.75) is 25.7 Å². The number of rotatable bonds is 4. The molecule has 0 aliphatic heterocycles. The van der Waals surface area contributed by atoms with Gasteiger partial charge < -0.3 is 9.84 Å². The van der Waals surface area contributed by atoms with Gasteiger partial charge in [-0.05, 0) is 31.1 Å². The SMILES string of the molecule is COC(=O)C1(CCC(=O)O)CC2C=CC1C2. The highest BCUT2D eigenvalue weighted by molar-refractivity contribution is 5.79. The van der Waals surface area contributed by atoms with E-state index in [1.165, 1.54) is 7.11 Å². The van der Waals surface area contributed by atoms with Gasteiger partial charge in [-0.25, -0.2) is 0 Å². The lowest BCUT2D eigenvalue weighted by Gasteiger charge is -2.32. The molecule has 88 valence electrons. The second kappa shape index (κ2) is 3.92. The Kier molecular flexibility index (Phi) is 2.74. The van der Waals surface area contributed by atoms with Crippen LogP contribution in [0.5, 0.6) is 0 Å². The lowest BCUT2D eigenvalue weighted by Crippen LogP contribution is -2.36. The van der Waals surface area contributed by atoms with Crippen molar-refractivity contribution in [3.05, 3.63) is 12.2 Å². The number of aliphatic carboxylic acids is 1. The summed E-state index contributed by atoms with van der Waals surface area (Å²) in [6.07, 6.45) is 6.31. The van der Waals surface area contributed by atoms with Crippen LogP contribution in [0.15, 0.2) is 12.2 Å². The topological polar surface area (TPSA) is 63.6 Å². The van der Waals surface area contributed by atoms with Crippen LogP contribution in [0.2, 0.25) is 0 Å². The molecule has 3 unspecified atom stereocenters. The standard InChI is InChI=1S/C12H16O4/c1-16-11(15)12(5-4-10(13)14)7-8-2-3-9(12)6-8/h2-3,8-9H,4-7H2,1H3,(H,13,14). The number of carbonyl (C=O) groups excluding carboxylic acids is 1. The Balaban J connectivity index is 2.17.